The molecule has 0 saturated heterocycles. The second-order valence-electron chi connectivity index (χ2n) is 9.24. The van der Waals surface area contributed by atoms with Crippen LogP contribution in [0.3, 0.4) is 0 Å². The van der Waals surface area contributed by atoms with Gasteiger partial charge in [0.2, 0.25) is 5.91 Å². The first kappa shape index (κ1) is 26.7. The fourth-order valence-corrected chi connectivity index (χ4v) is 3.01. The standard InChI is InChI=1S/C22H38N2O5/c1-11-13-16(15(12-2)14(3)19(26)27)24(10)18(25)17(21(4,5)6)23-20(28)29-22(7,8)9/h11,16-17H,1,12-13H2,2-10H3,(H,23,28)(H,26,27)/b15-14+/t16?,17-/m1/s1. The molecule has 0 aromatic rings. The first-order valence-corrected chi connectivity index (χ1v) is 9.86. The molecule has 0 aliphatic rings. The van der Waals surface area contributed by atoms with Crippen molar-refractivity contribution < 1.29 is 24.2 Å². The number of likely N-dealkylation sites (N-methyl/N-ethyl adjacent to an activating group) is 1. The van der Waals surface area contributed by atoms with Crippen molar-refractivity contribution in [3.05, 3.63) is 23.8 Å². The predicted octanol–water partition coefficient (Wildman–Crippen LogP) is 4.14. The van der Waals surface area contributed by atoms with Crippen LogP contribution in [0.15, 0.2) is 23.8 Å². The Kier molecular flexibility index (Phi) is 9.63. The third-order valence-corrected chi connectivity index (χ3v) is 4.56. The molecule has 0 bridgehead atoms. The van der Waals surface area contributed by atoms with Gasteiger partial charge in [-0.3, -0.25) is 4.79 Å². The van der Waals surface area contributed by atoms with Gasteiger partial charge in [0.05, 0.1) is 6.04 Å². The van der Waals surface area contributed by atoms with E-state index in [1.54, 1.807) is 33.9 Å². The number of rotatable bonds is 8. The van der Waals surface area contributed by atoms with E-state index < -0.39 is 35.2 Å². The number of carbonyl (C=O) groups excluding carboxylic acids is 2. The minimum atomic E-state index is -1.02. The number of carboxylic acids is 1. The van der Waals surface area contributed by atoms with Gasteiger partial charge < -0.3 is 20.1 Å². The largest absolute Gasteiger partial charge is 0.478 e. The number of aliphatic carboxylic acids is 1. The summed E-state index contributed by atoms with van der Waals surface area (Å²) < 4.78 is 5.32. The molecule has 0 radical (unpaired) electrons. The van der Waals surface area contributed by atoms with Crippen molar-refractivity contribution in [2.45, 2.75) is 85.9 Å². The van der Waals surface area contributed by atoms with Crippen molar-refractivity contribution >= 4 is 18.0 Å². The van der Waals surface area contributed by atoms with Crippen LogP contribution < -0.4 is 5.32 Å². The molecule has 1 unspecified atom stereocenters. The zero-order valence-corrected chi connectivity index (χ0v) is 19.4. The Morgan fingerprint density at radius 1 is 1.17 bits per heavy atom. The predicted molar refractivity (Wildman–Crippen MR) is 115 cm³/mol. The molecule has 0 aromatic carbocycles. The molecule has 7 heteroatoms. The van der Waals surface area contributed by atoms with Crippen LogP contribution in [0.4, 0.5) is 4.79 Å². The summed E-state index contributed by atoms with van der Waals surface area (Å²) in [4.78, 5) is 38.7. The van der Waals surface area contributed by atoms with Crippen molar-refractivity contribution in [2.75, 3.05) is 7.05 Å². The first-order chi connectivity index (χ1) is 13.1. The average Bonchev–Trinajstić information content (AvgIpc) is 2.55. The van der Waals surface area contributed by atoms with E-state index in [0.29, 0.717) is 18.4 Å². The Labute approximate surface area is 175 Å². The zero-order valence-electron chi connectivity index (χ0n) is 19.4. The zero-order chi connectivity index (χ0) is 23.2. The monoisotopic (exact) mass is 410 g/mol. The van der Waals surface area contributed by atoms with E-state index in [9.17, 15) is 19.5 Å². The van der Waals surface area contributed by atoms with Gasteiger partial charge in [-0.25, -0.2) is 9.59 Å². The van der Waals surface area contributed by atoms with Gasteiger partial charge in [0.1, 0.15) is 11.6 Å². The molecule has 0 spiro atoms. The molecule has 0 heterocycles. The smallest absolute Gasteiger partial charge is 0.408 e. The van der Waals surface area contributed by atoms with Gasteiger partial charge in [-0.15, -0.1) is 6.58 Å². The molecule has 0 saturated carbocycles. The van der Waals surface area contributed by atoms with Crippen LogP contribution in [-0.2, 0) is 14.3 Å². The summed E-state index contributed by atoms with van der Waals surface area (Å²) in [5.41, 5.74) is -0.410. The summed E-state index contributed by atoms with van der Waals surface area (Å²) in [5, 5.41) is 12.1. The van der Waals surface area contributed by atoms with E-state index in [1.165, 1.54) is 11.8 Å². The summed E-state index contributed by atoms with van der Waals surface area (Å²) in [5.74, 6) is -1.34. The van der Waals surface area contributed by atoms with Gasteiger partial charge in [0.25, 0.3) is 0 Å². The lowest BCUT2D eigenvalue weighted by Crippen LogP contribution is -2.56. The minimum Gasteiger partial charge on any atom is -0.478 e. The number of alkyl carbamates (subject to hydrolysis) is 1. The highest BCUT2D eigenvalue weighted by Gasteiger charge is 2.38. The van der Waals surface area contributed by atoms with E-state index in [-0.39, 0.29) is 11.5 Å². The van der Waals surface area contributed by atoms with E-state index in [0.717, 1.165) is 0 Å². The Hall–Kier alpha value is -2.31. The first-order valence-electron chi connectivity index (χ1n) is 9.86. The molecule has 166 valence electrons. The molecular formula is C22H38N2O5. The Morgan fingerprint density at radius 2 is 1.69 bits per heavy atom. The fraction of sp³-hybridized carbons (Fsp3) is 0.682. The van der Waals surface area contributed by atoms with E-state index >= 15 is 0 Å². The highest BCUT2D eigenvalue weighted by Crippen LogP contribution is 2.26. The van der Waals surface area contributed by atoms with Crippen molar-refractivity contribution in [3.8, 4) is 0 Å². The number of carbonyl (C=O) groups is 3. The number of hydrogen-bond acceptors (Lipinski definition) is 4. The van der Waals surface area contributed by atoms with Crippen LogP contribution in [-0.4, -0.2) is 52.7 Å². The van der Waals surface area contributed by atoms with Crippen molar-refractivity contribution in [2.24, 2.45) is 5.41 Å². The van der Waals surface area contributed by atoms with Gasteiger partial charge in [0, 0.05) is 12.6 Å². The van der Waals surface area contributed by atoms with Crippen LogP contribution in [0.2, 0.25) is 0 Å². The lowest BCUT2D eigenvalue weighted by Gasteiger charge is -2.38. The summed E-state index contributed by atoms with van der Waals surface area (Å²) in [6.07, 6.45) is 1.87. The molecule has 0 aromatic heterocycles. The van der Waals surface area contributed by atoms with Crippen LogP contribution in [0.25, 0.3) is 0 Å². The average molecular weight is 411 g/mol. The van der Waals surface area contributed by atoms with Gasteiger partial charge in [-0.1, -0.05) is 33.8 Å². The van der Waals surface area contributed by atoms with Gasteiger partial charge in [0.15, 0.2) is 0 Å². The molecule has 2 N–H and O–H groups in total. The maximum absolute atomic E-state index is 13.4. The second kappa shape index (κ2) is 10.5. The highest BCUT2D eigenvalue weighted by atomic mass is 16.6. The lowest BCUT2D eigenvalue weighted by molar-refractivity contribution is -0.137. The summed E-state index contributed by atoms with van der Waals surface area (Å²) in [6, 6.07) is -1.32. The molecule has 0 aliphatic heterocycles. The summed E-state index contributed by atoms with van der Waals surface area (Å²) >= 11 is 0. The van der Waals surface area contributed by atoms with E-state index in [4.69, 9.17) is 4.74 Å². The molecule has 2 amide bonds. The molecule has 0 fully saturated rings. The molecule has 7 nitrogen and oxygen atoms in total. The number of nitrogens with zero attached hydrogens (tertiary/aromatic N) is 1. The fourth-order valence-electron chi connectivity index (χ4n) is 3.01. The van der Waals surface area contributed by atoms with Crippen LogP contribution in [0, 0.1) is 5.41 Å². The minimum absolute atomic E-state index is 0.214. The maximum Gasteiger partial charge on any atom is 0.408 e. The third-order valence-electron chi connectivity index (χ3n) is 4.56. The quantitative estimate of drug-likeness (QED) is 0.463. The second-order valence-corrected chi connectivity index (χ2v) is 9.24. The molecule has 29 heavy (non-hydrogen) atoms. The number of nitrogens with one attached hydrogen (secondary N) is 1. The molecule has 2 atom stereocenters. The molecule has 0 rings (SSSR count). The number of hydrogen-bond donors (Lipinski definition) is 2. The van der Waals surface area contributed by atoms with Crippen LogP contribution in [0.5, 0.6) is 0 Å². The van der Waals surface area contributed by atoms with Crippen molar-refractivity contribution in [1.29, 1.82) is 0 Å². The summed E-state index contributed by atoms with van der Waals surface area (Å²) in [6.45, 7) is 17.9. The maximum atomic E-state index is 13.4. The molecule has 0 aliphatic carbocycles. The molecular weight excluding hydrogens is 372 g/mol. The van der Waals surface area contributed by atoms with E-state index in [2.05, 4.69) is 11.9 Å². The SMILES string of the molecule is C=CCC(/C(CC)=C(\C)C(=O)O)N(C)C(=O)[C@@H](NC(=O)OC(C)(C)C)C(C)(C)C. The Bertz CT molecular complexity index is 653. The van der Waals surface area contributed by atoms with Gasteiger partial charge >= 0.3 is 12.1 Å². The Balaban J connectivity index is 5.96. The van der Waals surface area contributed by atoms with Crippen LogP contribution in [0.1, 0.15) is 68.2 Å². The van der Waals surface area contributed by atoms with Crippen LogP contribution >= 0.6 is 0 Å². The third kappa shape index (κ3) is 8.30. The topological polar surface area (TPSA) is 95.9 Å². The number of carboxylic acid groups (broad SMARTS) is 1. The van der Waals surface area contributed by atoms with E-state index in [1.807, 2.05) is 27.7 Å². The number of amides is 2. The lowest BCUT2D eigenvalue weighted by atomic mass is 9.85. The van der Waals surface area contributed by atoms with Crippen molar-refractivity contribution in [1.82, 2.24) is 10.2 Å². The Morgan fingerprint density at radius 3 is 2.03 bits per heavy atom. The van der Waals surface area contributed by atoms with Gasteiger partial charge in [-0.05, 0) is 51.5 Å². The normalized spacial score (nSPS) is 14.9. The van der Waals surface area contributed by atoms with Crippen molar-refractivity contribution in [3.63, 3.8) is 0 Å². The highest BCUT2D eigenvalue weighted by molar-refractivity contribution is 5.89. The summed E-state index contributed by atoms with van der Waals surface area (Å²) in [7, 11) is 1.62. The number of ether oxygens (including phenoxy) is 1. The van der Waals surface area contributed by atoms with Gasteiger partial charge in [-0.2, -0.15) is 0 Å².